The van der Waals surface area contributed by atoms with Crippen molar-refractivity contribution in [1.29, 1.82) is 0 Å². The number of rotatable bonds is 4. The molecule has 1 saturated carbocycles. The van der Waals surface area contributed by atoms with Gasteiger partial charge in [0.25, 0.3) is 0 Å². The third-order valence-corrected chi connectivity index (χ3v) is 2.98. The number of nitrogens with one attached hydrogen (secondary N) is 1. The summed E-state index contributed by atoms with van der Waals surface area (Å²) in [5.41, 5.74) is 1.59. The topological polar surface area (TPSA) is 12.0 Å². The van der Waals surface area contributed by atoms with Gasteiger partial charge in [-0.25, -0.2) is 0 Å². The number of likely N-dealkylation sites (N-methyl/N-ethyl adjacent to an activating group) is 1. The van der Waals surface area contributed by atoms with Crippen LogP contribution in [0.15, 0.2) is 11.6 Å². The minimum Gasteiger partial charge on any atom is -0.316 e. The third-order valence-electron chi connectivity index (χ3n) is 2.98. The van der Waals surface area contributed by atoms with Crippen molar-refractivity contribution in [2.75, 3.05) is 13.6 Å². The van der Waals surface area contributed by atoms with Crippen molar-refractivity contribution in [3.05, 3.63) is 11.6 Å². The first-order valence-corrected chi connectivity index (χ1v) is 5.71. The maximum absolute atomic E-state index is 3.24. The maximum Gasteiger partial charge on any atom is 0.0161 e. The van der Waals surface area contributed by atoms with Gasteiger partial charge in [0.1, 0.15) is 0 Å². The average Bonchev–Trinajstić information content (AvgIpc) is 2.19. The average molecular weight is 181 g/mol. The summed E-state index contributed by atoms with van der Waals surface area (Å²) in [6, 6.07) is 0. The fraction of sp³-hybridized carbons (Fsp3) is 0.833. The highest BCUT2D eigenvalue weighted by molar-refractivity contribution is 5.06. The molecule has 0 aromatic heterocycles. The number of allylic oxidation sites excluding steroid dienone is 1. The molecule has 0 amide bonds. The molecule has 1 N–H and O–H groups in total. The predicted molar refractivity (Wildman–Crippen MR) is 58.9 cm³/mol. The largest absolute Gasteiger partial charge is 0.316 e. The van der Waals surface area contributed by atoms with Gasteiger partial charge >= 0.3 is 0 Å². The van der Waals surface area contributed by atoms with Crippen LogP contribution in [0.2, 0.25) is 0 Å². The lowest BCUT2D eigenvalue weighted by Crippen LogP contribution is -2.12. The van der Waals surface area contributed by atoms with Crippen LogP contribution < -0.4 is 5.32 Å². The Morgan fingerprint density at radius 2 is 2.00 bits per heavy atom. The molecular weight excluding hydrogens is 158 g/mol. The second-order valence-electron chi connectivity index (χ2n) is 4.11. The Kier molecular flexibility index (Phi) is 5.14. The van der Waals surface area contributed by atoms with Crippen LogP contribution >= 0.6 is 0 Å². The van der Waals surface area contributed by atoms with Crippen LogP contribution in [0.1, 0.15) is 45.4 Å². The summed E-state index contributed by atoms with van der Waals surface area (Å²) < 4.78 is 0. The maximum atomic E-state index is 3.24. The summed E-state index contributed by atoms with van der Waals surface area (Å²) in [6.45, 7) is 3.33. The van der Waals surface area contributed by atoms with Gasteiger partial charge in [-0.2, -0.15) is 0 Å². The van der Waals surface area contributed by atoms with Crippen LogP contribution in [0.25, 0.3) is 0 Å². The number of hydrogen-bond acceptors (Lipinski definition) is 1. The smallest absolute Gasteiger partial charge is 0.0161 e. The molecule has 0 radical (unpaired) electrons. The van der Waals surface area contributed by atoms with Crippen LogP contribution in [-0.2, 0) is 0 Å². The summed E-state index contributed by atoms with van der Waals surface area (Å²) in [7, 11) is 2.03. The van der Waals surface area contributed by atoms with Crippen molar-refractivity contribution in [3.8, 4) is 0 Å². The summed E-state index contributed by atoms with van der Waals surface area (Å²) in [4.78, 5) is 0. The minimum absolute atomic E-state index is 0.886. The van der Waals surface area contributed by atoms with Gasteiger partial charge < -0.3 is 5.32 Å². The Bertz CT molecular complexity index is 155. The van der Waals surface area contributed by atoms with Gasteiger partial charge in [0.05, 0.1) is 0 Å². The molecule has 0 atom stereocenters. The summed E-state index contributed by atoms with van der Waals surface area (Å²) in [5, 5.41) is 3.24. The second kappa shape index (κ2) is 6.20. The van der Waals surface area contributed by atoms with E-state index < -0.39 is 0 Å². The van der Waals surface area contributed by atoms with E-state index in [2.05, 4.69) is 18.3 Å². The lowest BCUT2D eigenvalue weighted by atomic mass is 9.87. The van der Waals surface area contributed by atoms with E-state index in [0.29, 0.717) is 0 Å². The van der Waals surface area contributed by atoms with E-state index in [-0.39, 0.29) is 0 Å². The molecule has 0 aromatic rings. The first-order chi connectivity index (χ1) is 6.36. The monoisotopic (exact) mass is 181 g/mol. The van der Waals surface area contributed by atoms with Crippen molar-refractivity contribution in [2.24, 2.45) is 5.92 Å². The van der Waals surface area contributed by atoms with Crippen LogP contribution in [0.5, 0.6) is 0 Å². The first-order valence-electron chi connectivity index (χ1n) is 5.71. The summed E-state index contributed by atoms with van der Waals surface area (Å²) in [5.74, 6) is 0.886. The standard InChI is InChI=1S/C12H23N/c1-3-11(10-13-2)9-12-7-5-4-6-8-12/h9,12-13H,3-8,10H2,1-2H3. The number of hydrogen-bond donors (Lipinski definition) is 1. The van der Waals surface area contributed by atoms with Crippen molar-refractivity contribution in [2.45, 2.75) is 45.4 Å². The zero-order chi connectivity index (χ0) is 9.52. The third kappa shape index (κ3) is 3.95. The van der Waals surface area contributed by atoms with Gasteiger partial charge in [-0.1, -0.05) is 37.8 Å². The first kappa shape index (κ1) is 10.8. The molecule has 1 aliphatic carbocycles. The Balaban J connectivity index is 2.39. The fourth-order valence-electron chi connectivity index (χ4n) is 2.16. The van der Waals surface area contributed by atoms with Crippen molar-refractivity contribution < 1.29 is 0 Å². The van der Waals surface area contributed by atoms with Gasteiger partial charge in [0.15, 0.2) is 0 Å². The molecule has 0 bridgehead atoms. The molecule has 1 nitrogen and oxygen atoms in total. The van der Waals surface area contributed by atoms with E-state index in [9.17, 15) is 0 Å². The van der Waals surface area contributed by atoms with Crippen molar-refractivity contribution in [1.82, 2.24) is 5.32 Å². The molecule has 1 heteroatoms. The molecule has 1 rings (SSSR count). The van der Waals surface area contributed by atoms with Crippen molar-refractivity contribution >= 4 is 0 Å². The zero-order valence-electron chi connectivity index (χ0n) is 9.10. The van der Waals surface area contributed by atoms with E-state index >= 15 is 0 Å². The Morgan fingerprint density at radius 3 is 2.54 bits per heavy atom. The molecule has 1 aliphatic rings. The fourth-order valence-corrected chi connectivity index (χ4v) is 2.16. The second-order valence-corrected chi connectivity index (χ2v) is 4.11. The van der Waals surface area contributed by atoms with Crippen LogP contribution in [-0.4, -0.2) is 13.6 Å². The molecule has 0 unspecified atom stereocenters. The van der Waals surface area contributed by atoms with E-state index in [4.69, 9.17) is 0 Å². The molecule has 76 valence electrons. The van der Waals surface area contributed by atoms with Crippen LogP contribution in [0.4, 0.5) is 0 Å². The quantitative estimate of drug-likeness (QED) is 0.657. The molecule has 0 spiro atoms. The SMILES string of the molecule is CCC(=CC1CCCCC1)CNC. The normalized spacial score (nSPS) is 20.6. The predicted octanol–water partition coefficient (Wildman–Crippen LogP) is 3.12. The highest BCUT2D eigenvalue weighted by Crippen LogP contribution is 2.25. The van der Waals surface area contributed by atoms with E-state index in [1.807, 2.05) is 7.05 Å². The Labute approximate surface area is 82.6 Å². The van der Waals surface area contributed by atoms with E-state index in [1.54, 1.807) is 5.57 Å². The molecule has 13 heavy (non-hydrogen) atoms. The van der Waals surface area contributed by atoms with Crippen molar-refractivity contribution in [3.63, 3.8) is 0 Å². The van der Waals surface area contributed by atoms with Crippen LogP contribution in [0, 0.1) is 5.92 Å². The lowest BCUT2D eigenvalue weighted by molar-refractivity contribution is 0.417. The van der Waals surface area contributed by atoms with Gasteiger partial charge in [-0.3, -0.25) is 0 Å². The molecule has 0 aromatic carbocycles. The minimum atomic E-state index is 0.886. The molecule has 0 aliphatic heterocycles. The van der Waals surface area contributed by atoms with Gasteiger partial charge in [0.2, 0.25) is 0 Å². The van der Waals surface area contributed by atoms with Gasteiger partial charge in [-0.15, -0.1) is 0 Å². The van der Waals surface area contributed by atoms with Gasteiger partial charge in [-0.05, 0) is 32.2 Å². The molecule has 0 heterocycles. The highest BCUT2D eigenvalue weighted by atomic mass is 14.8. The molecule has 0 saturated heterocycles. The molecular formula is C12H23N. The Morgan fingerprint density at radius 1 is 1.31 bits per heavy atom. The lowest BCUT2D eigenvalue weighted by Gasteiger charge is -2.19. The van der Waals surface area contributed by atoms with Crippen LogP contribution in [0.3, 0.4) is 0 Å². The Hall–Kier alpha value is -0.300. The van der Waals surface area contributed by atoms with E-state index in [0.717, 1.165) is 12.5 Å². The zero-order valence-corrected chi connectivity index (χ0v) is 9.10. The van der Waals surface area contributed by atoms with Gasteiger partial charge in [0, 0.05) is 6.54 Å². The molecule has 1 fully saturated rings. The van der Waals surface area contributed by atoms with E-state index in [1.165, 1.54) is 38.5 Å². The highest BCUT2D eigenvalue weighted by Gasteiger charge is 2.10. The summed E-state index contributed by atoms with van der Waals surface area (Å²) >= 11 is 0. The summed E-state index contributed by atoms with van der Waals surface area (Å²) in [6.07, 6.45) is 10.9.